The number of furan rings is 1. The summed E-state index contributed by atoms with van der Waals surface area (Å²) in [5, 5.41) is 7.64. The maximum absolute atomic E-state index is 11.8. The number of thioether (sulfide) groups is 1. The van der Waals surface area contributed by atoms with Gasteiger partial charge in [0.25, 0.3) is 0 Å². The second-order valence-corrected chi connectivity index (χ2v) is 7.85. The fourth-order valence-electron chi connectivity index (χ4n) is 1.88. The average molecular weight is 410 g/mol. The lowest BCUT2D eigenvalue weighted by Gasteiger charge is -2.06. The SMILES string of the molecule is NS(=O)(=O)c1ccc(NC(=O)CSCCOC(=O)C=Cc2ccco2)cc1. The molecule has 8 nitrogen and oxygen atoms in total. The normalized spacial score (nSPS) is 11.4. The number of carbonyl (C=O) groups is 2. The van der Waals surface area contributed by atoms with Gasteiger partial charge >= 0.3 is 5.97 Å². The van der Waals surface area contributed by atoms with E-state index in [1.807, 2.05) is 0 Å². The summed E-state index contributed by atoms with van der Waals surface area (Å²) >= 11 is 1.30. The maximum Gasteiger partial charge on any atom is 0.330 e. The fourth-order valence-corrected chi connectivity index (χ4v) is 2.99. The minimum atomic E-state index is -3.76. The second kappa shape index (κ2) is 9.95. The van der Waals surface area contributed by atoms with Crippen LogP contribution in [0.1, 0.15) is 5.76 Å². The quantitative estimate of drug-likeness (QED) is 0.367. The maximum atomic E-state index is 11.8. The number of nitrogens with one attached hydrogen (secondary N) is 1. The molecule has 0 saturated carbocycles. The molecule has 2 aromatic rings. The van der Waals surface area contributed by atoms with Gasteiger partial charge in [0.05, 0.1) is 16.9 Å². The van der Waals surface area contributed by atoms with Gasteiger partial charge < -0.3 is 14.5 Å². The highest BCUT2D eigenvalue weighted by atomic mass is 32.2. The van der Waals surface area contributed by atoms with Gasteiger partial charge in [0.1, 0.15) is 12.4 Å². The van der Waals surface area contributed by atoms with E-state index in [0.717, 1.165) is 0 Å². The highest BCUT2D eigenvalue weighted by Gasteiger charge is 2.08. The van der Waals surface area contributed by atoms with Crippen molar-refractivity contribution in [3.8, 4) is 0 Å². The molecule has 1 heterocycles. The number of esters is 1. The van der Waals surface area contributed by atoms with Crippen molar-refractivity contribution in [2.45, 2.75) is 4.90 Å². The largest absolute Gasteiger partial charge is 0.465 e. The zero-order valence-corrected chi connectivity index (χ0v) is 15.8. The van der Waals surface area contributed by atoms with Gasteiger partial charge in [-0.25, -0.2) is 18.4 Å². The molecule has 1 amide bonds. The Kier molecular flexibility index (Phi) is 7.65. The van der Waals surface area contributed by atoms with Crippen molar-refractivity contribution in [1.29, 1.82) is 0 Å². The van der Waals surface area contributed by atoms with Crippen LogP contribution in [0.3, 0.4) is 0 Å². The molecule has 144 valence electrons. The number of carbonyl (C=O) groups excluding carboxylic acids is 2. The van der Waals surface area contributed by atoms with Crippen molar-refractivity contribution in [3.63, 3.8) is 0 Å². The first-order valence-corrected chi connectivity index (χ1v) is 10.4. The minimum Gasteiger partial charge on any atom is -0.465 e. The van der Waals surface area contributed by atoms with E-state index in [0.29, 0.717) is 17.2 Å². The highest BCUT2D eigenvalue weighted by Crippen LogP contribution is 2.13. The van der Waals surface area contributed by atoms with Crippen LogP contribution in [0.5, 0.6) is 0 Å². The second-order valence-electron chi connectivity index (χ2n) is 5.19. The Morgan fingerprint density at radius 3 is 2.59 bits per heavy atom. The predicted octanol–water partition coefficient (Wildman–Crippen LogP) is 1.86. The molecule has 0 atom stereocenters. The molecule has 1 aromatic heterocycles. The van der Waals surface area contributed by atoms with Crippen LogP contribution >= 0.6 is 11.8 Å². The van der Waals surface area contributed by atoms with Crippen LogP contribution in [0.15, 0.2) is 58.1 Å². The summed E-state index contributed by atoms with van der Waals surface area (Å²) in [7, 11) is -3.76. The summed E-state index contributed by atoms with van der Waals surface area (Å²) in [5.74, 6) is 0.420. The molecule has 2 rings (SSSR count). The number of anilines is 1. The minimum absolute atomic E-state index is 0.0298. The average Bonchev–Trinajstić information content (AvgIpc) is 3.13. The molecule has 1 aromatic carbocycles. The molecule has 0 fully saturated rings. The molecule has 0 aliphatic heterocycles. The Labute approximate surface area is 160 Å². The van der Waals surface area contributed by atoms with E-state index >= 15 is 0 Å². The molecule has 27 heavy (non-hydrogen) atoms. The third-order valence-corrected chi connectivity index (χ3v) is 4.95. The van der Waals surface area contributed by atoms with E-state index in [2.05, 4.69) is 5.32 Å². The molecule has 0 saturated heterocycles. The van der Waals surface area contributed by atoms with Crippen LogP contribution in [0, 0.1) is 0 Å². The summed E-state index contributed by atoms with van der Waals surface area (Å²) in [5.41, 5.74) is 0.461. The van der Waals surface area contributed by atoms with E-state index in [1.165, 1.54) is 54.4 Å². The predicted molar refractivity (Wildman–Crippen MR) is 102 cm³/mol. The van der Waals surface area contributed by atoms with Crippen LogP contribution < -0.4 is 10.5 Å². The number of amides is 1. The van der Waals surface area contributed by atoms with Crippen LogP contribution in [0.25, 0.3) is 6.08 Å². The van der Waals surface area contributed by atoms with Crippen molar-refractivity contribution >= 4 is 45.4 Å². The zero-order chi connectivity index (χ0) is 19.7. The number of ether oxygens (including phenoxy) is 1. The van der Waals surface area contributed by atoms with Crippen molar-refractivity contribution in [2.24, 2.45) is 5.14 Å². The number of nitrogens with two attached hydrogens (primary N) is 1. The van der Waals surface area contributed by atoms with Gasteiger partial charge in [-0.1, -0.05) is 0 Å². The molecular weight excluding hydrogens is 392 g/mol. The van der Waals surface area contributed by atoms with Gasteiger partial charge in [-0.3, -0.25) is 4.79 Å². The number of sulfonamides is 1. The molecule has 3 N–H and O–H groups in total. The first kappa shape index (κ1) is 20.7. The number of hydrogen-bond donors (Lipinski definition) is 2. The van der Waals surface area contributed by atoms with E-state index in [1.54, 1.807) is 12.1 Å². The molecular formula is C17H18N2O6S2. The van der Waals surface area contributed by atoms with Gasteiger partial charge in [0.15, 0.2) is 0 Å². The smallest absolute Gasteiger partial charge is 0.330 e. The fraction of sp³-hybridized carbons (Fsp3) is 0.176. The lowest BCUT2D eigenvalue weighted by molar-refractivity contribution is -0.137. The number of hydrogen-bond acceptors (Lipinski definition) is 7. The lowest BCUT2D eigenvalue weighted by Crippen LogP contribution is -2.16. The summed E-state index contributed by atoms with van der Waals surface area (Å²) in [4.78, 5) is 23.3. The van der Waals surface area contributed by atoms with E-state index in [9.17, 15) is 18.0 Å². The molecule has 0 unspecified atom stereocenters. The van der Waals surface area contributed by atoms with Crippen LogP contribution in [-0.2, 0) is 24.3 Å². The Morgan fingerprint density at radius 2 is 1.96 bits per heavy atom. The van der Waals surface area contributed by atoms with Gasteiger partial charge in [-0.15, -0.1) is 11.8 Å². The summed E-state index contributed by atoms with van der Waals surface area (Å²) < 4.78 is 32.4. The third-order valence-electron chi connectivity index (χ3n) is 3.10. The van der Waals surface area contributed by atoms with Crippen molar-refractivity contribution < 1.29 is 27.2 Å². The Bertz CT molecular complexity index is 890. The molecule has 0 aliphatic carbocycles. The molecule has 0 radical (unpaired) electrons. The number of rotatable bonds is 9. The topological polar surface area (TPSA) is 129 Å². The number of benzene rings is 1. The summed E-state index contributed by atoms with van der Waals surface area (Å²) in [6.07, 6.45) is 4.27. The van der Waals surface area contributed by atoms with Crippen molar-refractivity contribution in [3.05, 3.63) is 54.5 Å². The van der Waals surface area contributed by atoms with Gasteiger partial charge in [0.2, 0.25) is 15.9 Å². The summed E-state index contributed by atoms with van der Waals surface area (Å²) in [6, 6.07) is 8.95. The highest BCUT2D eigenvalue weighted by molar-refractivity contribution is 7.99. The Balaban J connectivity index is 1.62. The first-order chi connectivity index (χ1) is 12.8. The standard InChI is InChI=1S/C17H18N2O6S2/c18-27(22,23)15-6-3-13(4-7-15)19-16(20)12-26-11-10-25-17(21)8-5-14-2-1-9-24-14/h1-9H,10-12H2,(H,19,20)(H2,18,22,23). The molecule has 10 heteroatoms. The lowest BCUT2D eigenvalue weighted by atomic mass is 10.3. The van der Waals surface area contributed by atoms with E-state index in [4.69, 9.17) is 14.3 Å². The Morgan fingerprint density at radius 1 is 1.22 bits per heavy atom. The van der Waals surface area contributed by atoms with Crippen LogP contribution in [-0.4, -0.2) is 38.4 Å². The van der Waals surface area contributed by atoms with Gasteiger partial charge in [-0.05, 0) is 42.5 Å². The first-order valence-electron chi connectivity index (χ1n) is 7.73. The van der Waals surface area contributed by atoms with Gasteiger partial charge in [0, 0.05) is 17.5 Å². The van der Waals surface area contributed by atoms with Crippen molar-refractivity contribution in [2.75, 3.05) is 23.4 Å². The number of primary sulfonamides is 1. The zero-order valence-electron chi connectivity index (χ0n) is 14.2. The monoisotopic (exact) mass is 410 g/mol. The van der Waals surface area contributed by atoms with Crippen LogP contribution in [0.2, 0.25) is 0 Å². The molecule has 0 spiro atoms. The van der Waals surface area contributed by atoms with Gasteiger partial charge in [-0.2, -0.15) is 0 Å². The van der Waals surface area contributed by atoms with Crippen LogP contribution in [0.4, 0.5) is 5.69 Å². The molecule has 0 bridgehead atoms. The Hall–Kier alpha value is -2.56. The van der Waals surface area contributed by atoms with Crippen molar-refractivity contribution in [1.82, 2.24) is 0 Å². The van der Waals surface area contributed by atoms with E-state index in [-0.39, 0.29) is 23.2 Å². The van der Waals surface area contributed by atoms with E-state index < -0.39 is 16.0 Å². The third kappa shape index (κ3) is 7.69. The molecule has 0 aliphatic rings. The summed E-state index contributed by atoms with van der Waals surface area (Å²) in [6.45, 7) is 0.169.